The molecule has 0 radical (unpaired) electrons. The van der Waals surface area contributed by atoms with Crippen LogP contribution in [-0.2, 0) is 0 Å². The fourth-order valence-corrected chi connectivity index (χ4v) is 1.58. The molecule has 0 rings (SSSR count). The molecule has 0 spiro atoms. The van der Waals surface area contributed by atoms with E-state index in [0.29, 0.717) is 0 Å². The van der Waals surface area contributed by atoms with Gasteiger partial charge in [-0.25, -0.2) is 0 Å². The van der Waals surface area contributed by atoms with E-state index in [-0.39, 0.29) is 0 Å². The fourth-order valence-electron chi connectivity index (χ4n) is 0.798. The molecule has 62 valence electrons. The van der Waals surface area contributed by atoms with Gasteiger partial charge in [-0.2, -0.15) is 11.8 Å². The van der Waals surface area contributed by atoms with Crippen LogP contribution < -0.4 is 5.73 Å². The lowest BCUT2D eigenvalue weighted by molar-refractivity contribution is -0.360. The molecule has 0 unspecified atom stereocenters. The van der Waals surface area contributed by atoms with E-state index in [0.717, 1.165) is 12.5 Å². The first-order valence-electron chi connectivity index (χ1n) is 4.14. The average Bonchev–Trinajstić information content (AvgIpc) is 1.87. The molecule has 10 heavy (non-hydrogen) atoms. The van der Waals surface area contributed by atoms with Gasteiger partial charge < -0.3 is 5.73 Å². The second kappa shape index (κ2) is 7.42. The third-order valence-corrected chi connectivity index (χ3v) is 2.51. The first kappa shape index (κ1) is 10.3. The summed E-state index contributed by atoms with van der Waals surface area (Å²) in [6.07, 6.45) is 2.76. The molecule has 0 atom stereocenters. The van der Waals surface area contributed by atoms with Gasteiger partial charge in [-0.15, -0.1) is 0 Å². The second-order valence-corrected chi connectivity index (χ2v) is 4.23. The van der Waals surface area contributed by atoms with Gasteiger partial charge in [0.1, 0.15) is 0 Å². The van der Waals surface area contributed by atoms with Crippen LogP contribution in [-0.4, -0.2) is 18.1 Å². The first-order valence-corrected chi connectivity index (χ1v) is 5.29. The van der Waals surface area contributed by atoms with Crippen LogP contribution in [0.3, 0.4) is 0 Å². The monoisotopic (exact) mass is 162 g/mol. The summed E-state index contributed by atoms with van der Waals surface area (Å²) in [5.74, 6) is 3.44. The van der Waals surface area contributed by atoms with E-state index in [9.17, 15) is 0 Å². The Bertz CT molecular complexity index is 64.3. The van der Waals surface area contributed by atoms with Crippen LogP contribution in [0.5, 0.6) is 0 Å². The van der Waals surface area contributed by atoms with Crippen molar-refractivity contribution in [2.45, 2.75) is 26.7 Å². The van der Waals surface area contributed by atoms with Crippen molar-refractivity contribution in [3.05, 3.63) is 0 Å². The predicted molar refractivity (Wildman–Crippen MR) is 49.2 cm³/mol. The van der Waals surface area contributed by atoms with Gasteiger partial charge in [0.15, 0.2) is 0 Å². The molecule has 0 bridgehead atoms. The van der Waals surface area contributed by atoms with E-state index in [1.807, 2.05) is 11.8 Å². The van der Waals surface area contributed by atoms with Gasteiger partial charge in [0.2, 0.25) is 0 Å². The molecule has 0 fully saturated rings. The van der Waals surface area contributed by atoms with Crippen LogP contribution in [0.4, 0.5) is 0 Å². The topological polar surface area (TPSA) is 27.6 Å². The molecule has 0 aromatic heterocycles. The zero-order valence-corrected chi connectivity index (χ0v) is 8.04. The maximum absolute atomic E-state index is 3.80. The number of hydrogen-bond donors (Lipinski definition) is 1. The SMILES string of the molecule is CC(C)CCCSCC[NH3+]. The number of hydrogen-bond acceptors (Lipinski definition) is 1. The van der Waals surface area contributed by atoms with E-state index in [4.69, 9.17) is 0 Å². The Labute approximate surface area is 68.8 Å². The molecule has 0 amide bonds. The number of quaternary nitrogens is 1. The summed E-state index contributed by atoms with van der Waals surface area (Å²) < 4.78 is 0. The Hall–Kier alpha value is 0.310. The zero-order valence-electron chi connectivity index (χ0n) is 7.23. The highest BCUT2D eigenvalue weighted by Crippen LogP contribution is 2.08. The van der Waals surface area contributed by atoms with Gasteiger partial charge in [0.05, 0.1) is 6.54 Å². The standard InChI is InChI=1S/C8H19NS/c1-8(2)4-3-6-10-7-5-9/h8H,3-7,9H2,1-2H3/p+1. The minimum absolute atomic E-state index is 0.875. The molecule has 0 aromatic carbocycles. The van der Waals surface area contributed by atoms with Crippen molar-refractivity contribution in [2.24, 2.45) is 5.92 Å². The van der Waals surface area contributed by atoms with E-state index < -0.39 is 0 Å². The maximum atomic E-state index is 3.80. The highest BCUT2D eigenvalue weighted by Gasteiger charge is 1.93. The first-order chi connectivity index (χ1) is 4.77. The Morgan fingerprint density at radius 1 is 1.30 bits per heavy atom. The van der Waals surface area contributed by atoms with E-state index in [1.54, 1.807) is 0 Å². The second-order valence-electron chi connectivity index (χ2n) is 3.00. The van der Waals surface area contributed by atoms with Crippen LogP contribution >= 0.6 is 11.8 Å². The summed E-state index contributed by atoms with van der Waals surface area (Å²) in [5.41, 5.74) is 3.80. The third kappa shape index (κ3) is 8.31. The van der Waals surface area contributed by atoms with Crippen molar-refractivity contribution in [1.82, 2.24) is 0 Å². The van der Waals surface area contributed by atoms with Crippen LogP contribution in [0, 0.1) is 5.92 Å². The van der Waals surface area contributed by atoms with E-state index >= 15 is 0 Å². The van der Waals surface area contributed by atoms with Crippen LogP contribution in [0.25, 0.3) is 0 Å². The minimum Gasteiger partial charge on any atom is -0.357 e. The molecule has 0 heterocycles. The smallest absolute Gasteiger partial charge is 0.0831 e. The molecule has 3 N–H and O–H groups in total. The number of thioether (sulfide) groups is 1. The summed E-state index contributed by atoms with van der Waals surface area (Å²) in [7, 11) is 0. The Morgan fingerprint density at radius 3 is 2.50 bits per heavy atom. The molecular weight excluding hydrogens is 142 g/mol. The van der Waals surface area contributed by atoms with Gasteiger partial charge in [-0.3, -0.25) is 0 Å². The van der Waals surface area contributed by atoms with Crippen molar-refractivity contribution >= 4 is 11.8 Å². The van der Waals surface area contributed by atoms with E-state index in [2.05, 4.69) is 19.6 Å². The fraction of sp³-hybridized carbons (Fsp3) is 1.00. The van der Waals surface area contributed by atoms with E-state index in [1.165, 1.54) is 24.3 Å². The molecule has 0 saturated carbocycles. The van der Waals surface area contributed by atoms with Crippen LogP contribution in [0.15, 0.2) is 0 Å². The number of rotatable bonds is 6. The van der Waals surface area contributed by atoms with Crippen molar-refractivity contribution in [3.63, 3.8) is 0 Å². The van der Waals surface area contributed by atoms with Crippen molar-refractivity contribution in [1.29, 1.82) is 0 Å². The lowest BCUT2D eigenvalue weighted by Gasteiger charge is -2.02. The Balaban J connectivity index is 2.77. The molecule has 0 aliphatic heterocycles. The normalized spacial score (nSPS) is 10.8. The Morgan fingerprint density at radius 2 is 2.00 bits per heavy atom. The Kier molecular flexibility index (Phi) is 7.65. The largest absolute Gasteiger partial charge is 0.357 e. The molecule has 0 aliphatic carbocycles. The summed E-state index contributed by atoms with van der Waals surface area (Å²) in [6.45, 7) is 5.64. The van der Waals surface area contributed by atoms with Crippen LogP contribution in [0.1, 0.15) is 26.7 Å². The van der Waals surface area contributed by atoms with Crippen LogP contribution in [0.2, 0.25) is 0 Å². The quantitative estimate of drug-likeness (QED) is 0.587. The molecule has 0 saturated heterocycles. The summed E-state index contributed by atoms with van der Waals surface area (Å²) in [4.78, 5) is 0. The molecular formula is C8H20NS+. The molecule has 0 aromatic rings. The lowest BCUT2D eigenvalue weighted by Crippen LogP contribution is -2.51. The minimum atomic E-state index is 0.875. The van der Waals surface area contributed by atoms with Gasteiger partial charge in [-0.1, -0.05) is 20.3 Å². The molecule has 2 heteroatoms. The summed E-state index contributed by atoms with van der Waals surface area (Å²) in [6, 6.07) is 0. The maximum Gasteiger partial charge on any atom is 0.0831 e. The van der Waals surface area contributed by atoms with Gasteiger partial charge in [-0.05, 0) is 18.1 Å². The summed E-state index contributed by atoms with van der Waals surface area (Å²) >= 11 is 2.03. The average molecular weight is 162 g/mol. The van der Waals surface area contributed by atoms with Crippen molar-refractivity contribution in [3.8, 4) is 0 Å². The van der Waals surface area contributed by atoms with Gasteiger partial charge in [0, 0.05) is 5.75 Å². The van der Waals surface area contributed by atoms with Gasteiger partial charge >= 0.3 is 0 Å². The summed E-state index contributed by atoms with van der Waals surface area (Å²) in [5, 5.41) is 0. The molecule has 1 nitrogen and oxygen atoms in total. The predicted octanol–water partition coefficient (Wildman–Crippen LogP) is 1.40. The van der Waals surface area contributed by atoms with Crippen molar-refractivity contribution < 1.29 is 5.73 Å². The lowest BCUT2D eigenvalue weighted by atomic mass is 10.1. The highest BCUT2D eigenvalue weighted by molar-refractivity contribution is 7.99. The molecule has 0 aliphatic rings. The highest BCUT2D eigenvalue weighted by atomic mass is 32.2. The third-order valence-electron chi connectivity index (χ3n) is 1.36. The van der Waals surface area contributed by atoms with Crippen molar-refractivity contribution in [2.75, 3.05) is 18.1 Å². The van der Waals surface area contributed by atoms with Gasteiger partial charge in [0.25, 0.3) is 0 Å². The zero-order chi connectivity index (χ0) is 7.82.